The fourth-order valence-corrected chi connectivity index (χ4v) is 2.85. The van der Waals surface area contributed by atoms with Crippen molar-refractivity contribution in [2.45, 2.75) is 31.8 Å². The summed E-state index contributed by atoms with van der Waals surface area (Å²) in [5, 5.41) is -0.346. The molecule has 1 aromatic rings. The molecule has 7 heteroatoms. The molecule has 0 aliphatic heterocycles. The minimum atomic E-state index is -3.70. The molecule has 0 aliphatic carbocycles. The quantitative estimate of drug-likeness (QED) is 0.727. The fourth-order valence-electron chi connectivity index (χ4n) is 1.40. The molecule has 0 unspecified atom stereocenters. The van der Waals surface area contributed by atoms with Gasteiger partial charge in [-0.3, -0.25) is 0 Å². The predicted octanol–water partition coefficient (Wildman–Crippen LogP) is 1.43. The molecule has 0 spiro atoms. The van der Waals surface area contributed by atoms with Crippen LogP contribution in [0.25, 0.3) is 0 Å². The minimum absolute atomic E-state index is 0.346. The molecule has 0 saturated heterocycles. The van der Waals surface area contributed by atoms with Crippen molar-refractivity contribution in [2.24, 2.45) is 0 Å². The van der Waals surface area contributed by atoms with Crippen molar-refractivity contribution in [2.75, 3.05) is 13.1 Å². The number of nitrogens with zero attached hydrogens (tertiary/aromatic N) is 3. The molecule has 0 atom stereocenters. The number of hydrogen-bond acceptors (Lipinski definition) is 4. The molecule has 0 bridgehead atoms. The largest absolute Gasteiger partial charge is 0.278 e. The lowest BCUT2D eigenvalue weighted by atomic mass is 10.4. The molecule has 0 amide bonds. The van der Waals surface area contributed by atoms with Crippen LogP contribution in [0.1, 0.15) is 26.7 Å². The Bertz CT molecular complexity index is 441. The van der Waals surface area contributed by atoms with Gasteiger partial charge < -0.3 is 0 Å². The summed E-state index contributed by atoms with van der Waals surface area (Å²) in [6, 6.07) is 0. The maximum atomic E-state index is 12.6. The van der Waals surface area contributed by atoms with E-state index in [4.69, 9.17) is 0 Å². The molecular weight excluding hydrogens is 245 g/mol. The van der Waals surface area contributed by atoms with Gasteiger partial charge in [0.15, 0.2) is 5.82 Å². The molecule has 0 saturated carbocycles. The number of aromatic nitrogens is 2. The van der Waals surface area contributed by atoms with Gasteiger partial charge in [-0.1, -0.05) is 13.8 Å². The number of halogens is 1. The van der Waals surface area contributed by atoms with Crippen LogP contribution in [-0.4, -0.2) is 35.8 Å². The highest BCUT2D eigenvalue weighted by molar-refractivity contribution is 7.88. The summed E-state index contributed by atoms with van der Waals surface area (Å²) in [6.45, 7) is 4.61. The summed E-state index contributed by atoms with van der Waals surface area (Å²) in [5.74, 6) is -0.651. The number of sulfonamides is 1. The topological polar surface area (TPSA) is 63.2 Å². The summed E-state index contributed by atoms with van der Waals surface area (Å²) in [4.78, 5) is 7.04. The van der Waals surface area contributed by atoms with Gasteiger partial charge in [0.05, 0.1) is 12.4 Å². The summed E-state index contributed by atoms with van der Waals surface area (Å²) in [7, 11) is -3.70. The van der Waals surface area contributed by atoms with Crippen LogP contribution in [0.2, 0.25) is 0 Å². The molecule has 0 aliphatic rings. The third kappa shape index (κ3) is 3.44. The Kier molecular flexibility index (Phi) is 4.95. The van der Waals surface area contributed by atoms with Gasteiger partial charge >= 0.3 is 0 Å². The van der Waals surface area contributed by atoms with Crippen molar-refractivity contribution in [1.29, 1.82) is 0 Å². The molecule has 17 heavy (non-hydrogen) atoms. The highest BCUT2D eigenvalue weighted by Crippen LogP contribution is 2.11. The van der Waals surface area contributed by atoms with Gasteiger partial charge in [0.1, 0.15) is 0 Å². The lowest BCUT2D eigenvalue weighted by Gasteiger charge is -2.19. The maximum Gasteiger partial charge on any atom is 0.278 e. The normalized spacial score (nSPS) is 12.0. The standard InChI is InChI=1S/C10H16FN3O2S/c1-3-5-14(6-4-2)17(15,16)10-12-7-9(11)8-13-10/h7-8H,3-6H2,1-2H3. The van der Waals surface area contributed by atoms with E-state index in [0.29, 0.717) is 25.9 Å². The Hall–Kier alpha value is -1.08. The van der Waals surface area contributed by atoms with E-state index in [9.17, 15) is 12.8 Å². The lowest BCUT2D eigenvalue weighted by molar-refractivity contribution is 0.405. The summed E-state index contributed by atoms with van der Waals surface area (Å²) < 4.78 is 38.2. The first-order valence-corrected chi connectivity index (χ1v) is 6.94. The molecule has 0 radical (unpaired) electrons. The third-order valence-corrected chi connectivity index (χ3v) is 3.83. The van der Waals surface area contributed by atoms with Gasteiger partial charge in [0.25, 0.3) is 15.2 Å². The van der Waals surface area contributed by atoms with E-state index < -0.39 is 15.8 Å². The number of hydrogen-bond donors (Lipinski definition) is 0. The van der Waals surface area contributed by atoms with Crippen molar-refractivity contribution < 1.29 is 12.8 Å². The van der Waals surface area contributed by atoms with Crippen LogP contribution in [0.15, 0.2) is 17.6 Å². The van der Waals surface area contributed by atoms with E-state index >= 15 is 0 Å². The Morgan fingerprint density at radius 3 is 2.06 bits per heavy atom. The van der Waals surface area contributed by atoms with Crippen LogP contribution in [-0.2, 0) is 10.0 Å². The zero-order valence-corrected chi connectivity index (χ0v) is 10.7. The van der Waals surface area contributed by atoms with Crippen molar-refractivity contribution in [3.8, 4) is 0 Å². The highest BCUT2D eigenvalue weighted by atomic mass is 32.2. The molecule has 96 valence electrons. The van der Waals surface area contributed by atoms with E-state index in [-0.39, 0.29) is 5.16 Å². The zero-order valence-electron chi connectivity index (χ0n) is 9.93. The van der Waals surface area contributed by atoms with E-state index in [1.807, 2.05) is 13.8 Å². The van der Waals surface area contributed by atoms with Crippen LogP contribution in [0, 0.1) is 5.82 Å². The molecule has 1 heterocycles. The van der Waals surface area contributed by atoms with Gasteiger partial charge in [0, 0.05) is 13.1 Å². The Labute approximate surface area is 101 Å². The molecule has 0 N–H and O–H groups in total. The predicted molar refractivity (Wildman–Crippen MR) is 61.3 cm³/mol. The van der Waals surface area contributed by atoms with E-state index in [1.54, 1.807) is 0 Å². The van der Waals surface area contributed by atoms with E-state index in [2.05, 4.69) is 9.97 Å². The maximum absolute atomic E-state index is 12.6. The first-order valence-electron chi connectivity index (χ1n) is 5.50. The van der Waals surface area contributed by atoms with Crippen LogP contribution in [0.3, 0.4) is 0 Å². The molecule has 0 fully saturated rings. The first-order chi connectivity index (χ1) is 8.02. The SMILES string of the molecule is CCCN(CCC)S(=O)(=O)c1ncc(F)cn1. The van der Waals surface area contributed by atoms with Crippen LogP contribution in [0.4, 0.5) is 4.39 Å². The molecule has 5 nitrogen and oxygen atoms in total. The molecular formula is C10H16FN3O2S. The molecule has 0 aromatic carbocycles. The molecule has 1 rings (SSSR count). The lowest BCUT2D eigenvalue weighted by Crippen LogP contribution is -2.33. The van der Waals surface area contributed by atoms with Gasteiger partial charge in [-0.15, -0.1) is 0 Å². The minimum Gasteiger partial charge on any atom is -0.223 e. The summed E-state index contributed by atoms with van der Waals surface area (Å²) in [5.41, 5.74) is 0. The highest BCUT2D eigenvalue weighted by Gasteiger charge is 2.25. The Balaban J connectivity index is 3.02. The van der Waals surface area contributed by atoms with Crippen LogP contribution < -0.4 is 0 Å². The van der Waals surface area contributed by atoms with Gasteiger partial charge in [-0.25, -0.2) is 22.8 Å². The van der Waals surface area contributed by atoms with Crippen molar-refractivity contribution >= 4 is 10.0 Å². The van der Waals surface area contributed by atoms with Crippen molar-refractivity contribution in [3.05, 3.63) is 18.2 Å². The summed E-state index contributed by atoms with van der Waals surface area (Å²) in [6.07, 6.45) is 3.13. The Morgan fingerprint density at radius 1 is 1.18 bits per heavy atom. The Morgan fingerprint density at radius 2 is 1.65 bits per heavy atom. The summed E-state index contributed by atoms with van der Waals surface area (Å²) >= 11 is 0. The van der Waals surface area contributed by atoms with Crippen molar-refractivity contribution in [3.63, 3.8) is 0 Å². The van der Waals surface area contributed by atoms with Gasteiger partial charge in [0.2, 0.25) is 0 Å². The second-order valence-corrected chi connectivity index (χ2v) is 5.42. The van der Waals surface area contributed by atoms with Gasteiger partial charge in [-0.05, 0) is 12.8 Å². The van der Waals surface area contributed by atoms with E-state index in [0.717, 1.165) is 12.4 Å². The first kappa shape index (κ1) is 14.0. The average Bonchev–Trinajstić information content (AvgIpc) is 2.29. The fraction of sp³-hybridized carbons (Fsp3) is 0.600. The second kappa shape index (κ2) is 6.02. The van der Waals surface area contributed by atoms with Gasteiger partial charge in [-0.2, -0.15) is 4.31 Å². The van der Waals surface area contributed by atoms with Crippen molar-refractivity contribution in [1.82, 2.24) is 14.3 Å². The monoisotopic (exact) mass is 261 g/mol. The van der Waals surface area contributed by atoms with Crippen LogP contribution in [0.5, 0.6) is 0 Å². The third-order valence-electron chi connectivity index (χ3n) is 2.11. The molecule has 1 aromatic heterocycles. The van der Waals surface area contributed by atoms with Crippen LogP contribution >= 0.6 is 0 Å². The smallest absolute Gasteiger partial charge is 0.223 e. The van der Waals surface area contributed by atoms with E-state index in [1.165, 1.54) is 4.31 Å². The average molecular weight is 261 g/mol. The zero-order chi connectivity index (χ0) is 12.9. The second-order valence-electron chi connectivity index (χ2n) is 3.59. The number of rotatable bonds is 6.